The number of hydrogen-bond acceptors (Lipinski definition) is 7. The molecule has 2 atom stereocenters. The van der Waals surface area contributed by atoms with Crippen molar-refractivity contribution in [2.24, 2.45) is 0 Å². The second kappa shape index (κ2) is 12.4. The Morgan fingerprint density at radius 2 is 1.93 bits per heavy atom. The first kappa shape index (κ1) is 30.8. The second-order valence-corrected chi connectivity index (χ2v) is 13.3. The molecule has 2 heterocycles. The van der Waals surface area contributed by atoms with Gasteiger partial charge in [-0.3, -0.25) is 9.59 Å². The van der Waals surface area contributed by atoms with Gasteiger partial charge in [-0.1, -0.05) is 18.2 Å². The number of ether oxygens (including phenoxy) is 1. The van der Waals surface area contributed by atoms with Gasteiger partial charge in [0.1, 0.15) is 0 Å². The fourth-order valence-corrected chi connectivity index (χ4v) is 5.58. The average molecular weight is 592 g/mol. The third-order valence-electron chi connectivity index (χ3n) is 7.49. The molecule has 0 radical (unpaired) electrons. The number of hydrogen-bond donors (Lipinski definition) is 1. The quantitative estimate of drug-likeness (QED) is 0.358. The van der Waals surface area contributed by atoms with Crippen molar-refractivity contribution in [3.8, 4) is 11.1 Å². The molecule has 2 aromatic carbocycles. The van der Waals surface area contributed by atoms with Crippen LogP contribution in [0.5, 0.6) is 0 Å². The molecule has 41 heavy (non-hydrogen) atoms. The highest BCUT2D eigenvalue weighted by Gasteiger charge is 2.44. The molecule has 1 amide bonds. The Balaban J connectivity index is 1.55. The number of carbonyl (C=O) groups is 1. The van der Waals surface area contributed by atoms with Gasteiger partial charge in [0, 0.05) is 55.1 Å². The van der Waals surface area contributed by atoms with Gasteiger partial charge in [0.2, 0.25) is 0 Å². The van der Waals surface area contributed by atoms with E-state index in [1.807, 2.05) is 0 Å². The van der Waals surface area contributed by atoms with Crippen molar-refractivity contribution in [1.29, 1.82) is 0 Å². The van der Waals surface area contributed by atoms with Crippen LogP contribution in [0.15, 0.2) is 47.4 Å². The number of aromatic nitrogens is 1. The lowest BCUT2D eigenvalue weighted by atomic mass is 9.99. The van der Waals surface area contributed by atoms with E-state index in [9.17, 15) is 26.8 Å². The molecule has 0 saturated carbocycles. The molecule has 1 N–H and O–H groups in total. The highest BCUT2D eigenvalue weighted by molar-refractivity contribution is 7.92. The average Bonchev–Trinajstić information content (AvgIpc) is 2.93. The van der Waals surface area contributed by atoms with E-state index in [0.29, 0.717) is 29.4 Å². The van der Waals surface area contributed by atoms with Crippen LogP contribution in [-0.4, -0.2) is 61.8 Å². The number of fused-ring (bicyclic) bond motifs is 1. The van der Waals surface area contributed by atoms with Crippen molar-refractivity contribution in [3.05, 3.63) is 70.1 Å². The number of rotatable bonds is 10. The van der Waals surface area contributed by atoms with E-state index in [2.05, 4.69) is 5.48 Å². The SMILES string of the molecule is CN(C)Cc1ccc(-c2ccc3c(=O)n(CC[C@](C)(C(=O)NOC4CCCCO4)S(C)(=O)=O)ccc3c2)c(F)c1F. The van der Waals surface area contributed by atoms with E-state index in [-0.39, 0.29) is 30.6 Å². The van der Waals surface area contributed by atoms with Gasteiger partial charge in [-0.25, -0.2) is 27.5 Å². The first-order valence-corrected chi connectivity index (χ1v) is 15.2. The van der Waals surface area contributed by atoms with Gasteiger partial charge in [0.05, 0.1) is 0 Å². The molecular weight excluding hydrogens is 556 g/mol. The Bertz CT molecular complexity index is 1600. The Hall–Kier alpha value is -3.19. The number of nitrogens with one attached hydrogen (secondary N) is 1. The summed E-state index contributed by atoms with van der Waals surface area (Å²) in [4.78, 5) is 33.2. The maximum absolute atomic E-state index is 14.9. The van der Waals surface area contributed by atoms with Crippen LogP contribution in [0, 0.1) is 11.6 Å². The molecule has 0 bridgehead atoms. The zero-order valence-corrected chi connectivity index (χ0v) is 24.4. The fraction of sp³-hybridized carbons (Fsp3) is 0.448. The van der Waals surface area contributed by atoms with E-state index in [0.717, 1.165) is 19.1 Å². The predicted octanol–water partition coefficient (Wildman–Crippen LogP) is 3.78. The van der Waals surface area contributed by atoms with Crippen LogP contribution in [0.3, 0.4) is 0 Å². The summed E-state index contributed by atoms with van der Waals surface area (Å²) in [6.07, 6.45) is 3.93. The topological polar surface area (TPSA) is 107 Å². The molecule has 1 aliphatic heterocycles. The molecule has 1 saturated heterocycles. The van der Waals surface area contributed by atoms with Gasteiger partial charge in [0.25, 0.3) is 11.5 Å². The van der Waals surface area contributed by atoms with Crippen molar-refractivity contribution >= 4 is 26.5 Å². The number of sulfone groups is 1. The van der Waals surface area contributed by atoms with Gasteiger partial charge in [-0.05, 0) is 69.4 Å². The lowest BCUT2D eigenvalue weighted by Gasteiger charge is -2.28. The number of carbonyl (C=O) groups excluding carboxylic acids is 1. The summed E-state index contributed by atoms with van der Waals surface area (Å²) in [5.41, 5.74) is 2.54. The maximum atomic E-state index is 14.9. The van der Waals surface area contributed by atoms with Crippen LogP contribution >= 0.6 is 0 Å². The highest BCUT2D eigenvalue weighted by atomic mass is 32.2. The highest BCUT2D eigenvalue weighted by Crippen LogP contribution is 2.29. The van der Waals surface area contributed by atoms with Crippen LogP contribution in [0.4, 0.5) is 8.78 Å². The number of hydroxylamine groups is 1. The summed E-state index contributed by atoms with van der Waals surface area (Å²) in [5, 5.41) is 0.815. The van der Waals surface area contributed by atoms with E-state index in [1.165, 1.54) is 42.0 Å². The minimum absolute atomic E-state index is 0.0688. The van der Waals surface area contributed by atoms with Crippen LogP contribution in [0.25, 0.3) is 21.9 Å². The van der Waals surface area contributed by atoms with Gasteiger partial charge in [0.15, 0.2) is 32.5 Å². The zero-order chi connectivity index (χ0) is 29.9. The normalized spacial score (nSPS) is 17.5. The molecular formula is C29H35F2N3O6S. The lowest BCUT2D eigenvalue weighted by Crippen LogP contribution is -2.51. The molecule has 12 heteroatoms. The third-order valence-corrected chi connectivity index (χ3v) is 9.51. The minimum Gasteiger partial charge on any atom is -0.350 e. The van der Waals surface area contributed by atoms with Crippen LogP contribution < -0.4 is 11.0 Å². The Morgan fingerprint density at radius 1 is 1.17 bits per heavy atom. The van der Waals surface area contributed by atoms with Crippen molar-refractivity contribution < 1.29 is 31.6 Å². The predicted molar refractivity (Wildman–Crippen MR) is 152 cm³/mol. The Kier molecular flexibility index (Phi) is 9.27. The second-order valence-electron chi connectivity index (χ2n) is 10.9. The van der Waals surface area contributed by atoms with Crippen LogP contribution in [0.1, 0.15) is 38.2 Å². The molecule has 4 rings (SSSR count). The van der Waals surface area contributed by atoms with E-state index in [1.54, 1.807) is 31.1 Å². The van der Waals surface area contributed by atoms with E-state index in [4.69, 9.17) is 9.57 Å². The van der Waals surface area contributed by atoms with Crippen molar-refractivity contribution in [2.45, 2.75) is 56.7 Å². The van der Waals surface area contributed by atoms with E-state index < -0.39 is 44.0 Å². The Labute approximate surface area is 237 Å². The van der Waals surface area contributed by atoms with Crippen molar-refractivity contribution in [1.82, 2.24) is 14.9 Å². The summed E-state index contributed by atoms with van der Waals surface area (Å²) in [7, 11) is -0.386. The molecule has 1 aliphatic rings. The molecule has 3 aromatic rings. The number of benzene rings is 2. The van der Waals surface area contributed by atoms with Crippen LogP contribution in [-0.2, 0) is 37.3 Å². The molecule has 0 spiro atoms. The number of aryl methyl sites for hydroxylation is 1. The first-order valence-electron chi connectivity index (χ1n) is 13.3. The van der Waals surface area contributed by atoms with Gasteiger partial charge >= 0.3 is 0 Å². The summed E-state index contributed by atoms with van der Waals surface area (Å²) in [6, 6.07) is 9.35. The monoisotopic (exact) mass is 591 g/mol. The van der Waals surface area contributed by atoms with Crippen molar-refractivity contribution in [2.75, 3.05) is 27.0 Å². The number of amides is 1. The molecule has 0 aliphatic carbocycles. The third kappa shape index (κ3) is 6.66. The van der Waals surface area contributed by atoms with Gasteiger partial charge in [-0.15, -0.1) is 0 Å². The fourth-order valence-electron chi connectivity index (χ4n) is 4.74. The number of pyridine rings is 1. The molecule has 1 aromatic heterocycles. The molecule has 1 unspecified atom stereocenters. The molecule has 222 valence electrons. The molecule has 9 nitrogen and oxygen atoms in total. The Morgan fingerprint density at radius 3 is 2.59 bits per heavy atom. The van der Waals surface area contributed by atoms with Crippen LogP contribution in [0.2, 0.25) is 0 Å². The standard InChI is InChI=1S/C29H35F2N3O6S/c1-29(41(4,37)38,28(36)32-40-24-7-5-6-16-39-24)13-15-34-14-12-20-17-19(8-11-23(20)27(34)35)22-10-9-21(18-33(2)3)25(30)26(22)31/h8-12,14,17,24H,5-7,13,15-16,18H2,1-4H3,(H,32,36)/t24?,29-/m1/s1. The van der Waals surface area contributed by atoms with Gasteiger partial charge < -0.3 is 14.2 Å². The smallest absolute Gasteiger partial charge is 0.264 e. The summed E-state index contributed by atoms with van der Waals surface area (Å²) in [5.74, 6) is -2.73. The van der Waals surface area contributed by atoms with Gasteiger partial charge in [-0.2, -0.15) is 0 Å². The van der Waals surface area contributed by atoms with E-state index >= 15 is 0 Å². The summed E-state index contributed by atoms with van der Waals surface area (Å²) < 4.78 is 59.8. The lowest BCUT2D eigenvalue weighted by molar-refractivity contribution is -0.201. The summed E-state index contributed by atoms with van der Waals surface area (Å²) >= 11 is 0. The first-order chi connectivity index (χ1) is 19.3. The number of nitrogens with zero attached hydrogens (tertiary/aromatic N) is 2. The largest absolute Gasteiger partial charge is 0.350 e. The number of halogens is 2. The maximum Gasteiger partial charge on any atom is 0.264 e. The molecule has 1 fully saturated rings. The zero-order valence-electron chi connectivity index (χ0n) is 23.6. The van der Waals surface area contributed by atoms with Crippen molar-refractivity contribution in [3.63, 3.8) is 0 Å². The minimum atomic E-state index is -3.91. The summed E-state index contributed by atoms with van der Waals surface area (Å²) in [6.45, 7) is 1.96.